The van der Waals surface area contributed by atoms with Gasteiger partial charge in [-0.05, 0) is 43.9 Å². The first kappa shape index (κ1) is 31.0. The Balaban J connectivity index is 2.04. The molecule has 1 rings (SSSR count). The van der Waals surface area contributed by atoms with Crippen molar-refractivity contribution in [3.8, 4) is 0 Å². The van der Waals surface area contributed by atoms with Gasteiger partial charge in [0.1, 0.15) is 0 Å². The molecule has 0 bridgehead atoms. The van der Waals surface area contributed by atoms with Crippen LogP contribution in [-0.4, -0.2) is 25.2 Å². The molecule has 0 atom stereocenters. The normalized spacial score (nSPS) is 14.9. The molecule has 4 nitrogen and oxygen atoms in total. The van der Waals surface area contributed by atoms with Gasteiger partial charge >= 0.3 is 11.9 Å². The molecule has 0 spiro atoms. The molecule has 0 radical (unpaired) electrons. The van der Waals surface area contributed by atoms with Crippen molar-refractivity contribution in [1.82, 2.24) is 0 Å². The minimum Gasteiger partial charge on any atom is -0.465 e. The topological polar surface area (TPSA) is 52.6 Å². The molecule has 0 amide bonds. The maximum Gasteiger partial charge on any atom is 0.323 e. The predicted molar refractivity (Wildman–Crippen MR) is 142 cm³/mol. The van der Waals surface area contributed by atoms with Crippen molar-refractivity contribution in [2.24, 2.45) is 17.3 Å². The summed E-state index contributed by atoms with van der Waals surface area (Å²) in [5, 5.41) is 0. The van der Waals surface area contributed by atoms with Crippen LogP contribution in [-0.2, 0) is 19.1 Å². The number of carbonyl (C=O) groups is 2. The molecule has 0 aromatic carbocycles. The van der Waals surface area contributed by atoms with Crippen LogP contribution in [0.25, 0.3) is 0 Å². The van der Waals surface area contributed by atoms with Crippen molar-refractivity contribution in [3.05, 3.63) is 0 Å². The summed E-state index contributed by atoms with van der Waals surface area (Å²) >= 11 is 0. The Labute approximate surface area is 211 Å². The summed E-state index contributed by atoms with van der Waals surface area (Å²) in [7, 11) is 0. The average molecular weight is 481 g/mol. The van der Waals surface area contributed by atoms with Gasteiger partial charge in [0.25, 0.3) is 0 Å². The van der Waals surface area contributed by atoms with Crippen molar-refractivity contribution in [1.29, 1.82) is 0 Å². The lowest BCUT2D eigenvalue weighted by Crippen LogP contribution is -2.47. The molecule has 4 heteroatoms. The Morgan fingerprint density at radius 3 is 1.18 bits per heavy atom. The molecule has 0 heterocycles. The second-order valence-electron chi connectivity index (χ2n) is 11.5. The minimum atomic E-state index is -1.01. The number of rotatable bonds is 22. The van der Waals surface area contributed by atoms with Crippen LogP contribution in [0.1, 0.15) is 150 Å². The van der Waals surface area contributed by atoms with Crippen LogP contribution < -0.4 is 0 Å². The number of carbonyl (C=O) groups excluding carboxylic acids is 2. The Kier molecular flexibility index (Phi) is 17.5. The van der Waals surface area contributed by atoms with E-state index in [4.69, 9.17) is 9.47 Å². The van der Waals surface area contributed by atoms with Crippen molar-refractivity contribution < 1.29 is 19.1 Å². The van der Waals surface area contributed by atoms with Crippen LogP contribution in [0.2, 0.25) is 0 Å². The molecule has 0 aromatic heterocycles. The van der Waals surface area contributed by atoms with Gasteiger partial charge in [-0.3, -0.25) is 9.59 Å². The molecule has 0 unspecified atom stereocenters. The molecule has 0 aromatic rings. The smallest absolute Gasteiger partial charge is 0.323 e. The Morgan fingerprint density at radius 2 is 0.882 bits per heavy atom. The largest absolute Gasteiger partial charge is 0.465 e. The van der Waals surface area contributed by atoms with E-state index in [1.165, 1.54) is 77.0 Å². The molecule has 200 valence electrons. The first-order valence-electron chi connectivity index (χ1n) is 14.7. The fourth-order valence-electron chi connectivity index (χ4n) is 4.71. The summed E-state index contributed by atoms with van der Waals surface area (Å²) in [6.45, 7) is 10.00. The SMILES string of the molecule is CC(C)CCCCCCCCCOC(=O)C1(C(=O)OCCCCCCCCCC(C)C)CCC1. The van der Waals surface area contributed by atoms with Gasteiger partial charge in [0, 0.05) is 0 Å². The first-order chi connectivity index (χ1) is 16.4. The lowest BCUT2D eigenvalue weighted by molar-refractivity contribution is -0.179. The van der Waals surface area contributed by atoms with Gasteiger partial charge in [-0.25, -0.2) is 0 Å². The number of esters is 2. The fourth-order valence-corrected chi connectivity index (χ4v) is 4.71. The third kappa shape index (κ3) is 13.7. The van der Waals surface area contributed by atoms with E-state index in [1.807, 2.05) is 0 Å². The highest BCUT2D eigenvalue weighted by molar-refractivity contribution is 6.01. The van der Waals surface area contributed by atoms with Crippen LogP contribution in [0, 0.1) is 17.3 Å². The number of ether oxygens (including phenoxy) is 2. The summed E-state index contributed by atoms with van der Waals surface area (Å²) < 4.78 is 11.0. The average Bonchev–Trinajstić information content (AvgIpc) is 2.75. The Hall–Kier alpha value is -1.06. The Morgan fingerprint density at radius 1 is 0.559 bits per heavy atom. The fraction of sp³-hybridized carbons (Fsp3) is 0.933. The molecule has 0 N–H and O–H groups in total. The van der Waals surface area contributed by atoms with Crippen LogP contribution in [0.15, 0.2) is 0 Å². The second-order valence-corrected chi connectivity index (χ2v) is 11.5. The summed E-state index contributed by atoms with van der Waals surface area (Å²) in [4.78, 5) is 25.3. The highest BCUT2D eigenvalue weighted by Gasteiger charge is 2.53. The minimum absolute atomic E-state index is 0.348. The summed E-state index contributed by atoms with van der Waals surface area (Å²) in [6, 6.07) is 0. The molecule has 1 saturated carbocycles. The van der Waals surface area contributed by atoms with E-state index in [2.05, 4.69) is 27.7 Å². The molecule has 1 aliphatic rings. The second kappa shape index (κ2) is 19.2. The summed E-state index contributed by atoms with van der Waals surface area (Å²) in [5.41, 5.74) is -1.01. The number of unbranched alkanes of at least 4 members (excludes halogenated alkanes) is 12. The molecule has 0 saturated heterocycles. The standard InChI is InChI=1S/C30H56O4/c1-26(2)20-15-11-7-5-9-13-17-24-33-28(31)30(22-19-23-30)29(32)34-25-18-14-10-6-8-12-16-21-27(3)4/h26-27H,5-25H2,1-4H3. The van der Waals surface area contributed by atoms with E-state index in [-0.39, 0.29) is 11.9 Å². The third-order valence-corrected chi connectivity index (χ3v) is 7.31. The van der Waals surface area contributed by atoms with Crippen LogP contribution in [0.3, 0.4) is 0 Å². The van der Waals surface area contributed by atoms with E-state index in [9.17, 15) is 9.59 Å². The maximum absolute atomic E-state index is 12.6. The zero-order valence-electron chi connectivity index (χ0n) is 23.1. The molecule has 34 heavy (non-hydrogen) atoms. The first-order valence-corrected chi connectivity index (χ1v) is 14.7. The number of hydrogen-bond donors (Lipinski definition) is 0. The zero-order chi connectivity index (χ0) is 25.1. The molecule has 1 aliphatic carbocycles. The molecular formula is C30H56O4. The predicted octanol–water partition coefficient (Wildman–Crippen LogP) is 8.80. The lowest BCUT2D eigenvalue weighted by atomic mass is 9.69. The maximum atomic E-state index is 12.6. The highest BCUT2D eigenvalue weighted by Crippen LogP contribution is 2.43. The van der Waals surface area contributed by atoms with Crippen molar-refractivity contribution in [3.63, 3.8) is 0 Å². The van der Waals surface area contributed by atoms with Gasteiger partial charge in [0.05, 0.1) is 13.2 Å². The number of hydrogen-bond acceptors (Lipinski definition) is 4. The van der Waals surface area contributed by atoms with Crippen LogP contribution in [0.4, 0.5) is 0 Å². The van der Waals surface area contributed by atoms with Gasteiger partial charge in [0.15, 0.2) is 5.41 Å². The zero-order valence-corrected chi connectivity index (χ0v) is 23.1. The van der Waals surface area contributed by atoms with Crippen molar-refractivity contribution in [2.75, 3.05) is 13.2 Å². The Bertz CT molecular complexity index is 480. The molecular weight excluding hydrogens is 424 g/mol. The lowest BCUT2D eigenvalue weighted by Gasteiger charge is -2.36. The van der Waals surface area contributed by atoms with Gasteiger partial charge in [-0.2, -0.15) is 0 Å². The molecule has 1 fully saturated rings. The van der Waals surface area contributed by atoms with E-state index in [0.29, 0.717) is 26.1 Å². The van der Waals surface area contributed by atoms with Crippen molar-refractivity contribution in [2.45, 2.75) is 150 Å². The third-order valence-electron chi connectivity index (χ3n) is 7.31. The quantitative estimate of drug-likeness (QED) is 0.0882. The van der Waals surface area contributed by atoms with Gasteiger partial charge < -0.3 is 9.47 Å². The van der Waals surface area contributed by atoms with E-state index in [0.717, 1.165) is 43.9 Å². The van der Waals surface area contributed by atoms with E-state index >= 15 is 0 Å². The monoisotopic (exact) mass is 480 g/mol. The highest BCUT2D eigenvalue weighted by atomic mass is 16.6. The molecule has 0 aliphatic heterocycles. The van der Waals surface area contributed by atoms with E-state index in [1.54, 1.807) is 0 Å². The van der Waals surface area contributed by atoms with Gasteiger partial charge in [0.2, 0.25) is 0 Å². The van der Waals surface area contributed by atoms with Crippen molar-refractivity contribution >= 4 is 11.9 Å². The van der Waals surface area contributed by atoms with Gasteiger partial charge in [-0.1, -0.05) is 118 Å². The van der Waals surface area contributed by atoms with E-state index < -0.39 is 5.41 Å². The summed E-state index contributed by atoms with van der Waals surface area (Å²) in [6.07, 6.45) is 21.6. The van der Waals surface area contributed by atoms with Crippen LogP contribution >= 0.6 is 0 Å². The van der Waals surface area contributed by atoms with Crippen LogP contribution in [0.5, 0.6) is 0 Å². The van der Waals surface area contributed by atoms with Gasteiger partial charge in [-0.15, -0.1) is 0 Å². The summed E-state index contributed by atoms with van der Waals surface area (Å²) in [5.74, 6) is 0.924.